The summed E-state index contributed by atoms with van der Waals surface area (Å²) in [5.74, 6) is -1.44. The molecule has 7 heteroatoms. The molecule has 1 heterocycles. The first kappa shape index (κ1) is 22.2. The smallest absolute Gasteiger partial charge is 0.307 e. The SMILES string of the molecule is CCNCc1ccc(N=C(c2ccc(CC(=O)O)cc2)c2c(O)[nH]c3cc(F)ccc23)cc1. The van der Waals surface area contributed by atoms with Crippen molar-refractivity contribution in [3.8, 4) is 5.88 Å². The van der Waals surface area contributed by atoms with E-state index < -0.39 is 11.8 Å². The van der Waals surface area contributed by atoms with E-state index in [1.165, 1.54) is 12.1 Å². The molecule has 0 saturated carbocycles. The maximum atomic E-state index is 13.7. The molecule has 0 atom stereocenters. The van der Waals surface area contributed by atoms with Crippen LogP contribution in [0.25, 0.3) is 10.9 Å². The number of hydrogen-bond donors (Lipinski definition) is 4. The summed E-state index contributed by atoms with van der Waals surface area (Å²) in [5.41, 5.74) is 4.57. The molecule has 6 nitrogen and oxygen atoms in total. The second-order valence-corrected chi connectivity index (χ2v) is 7.71. The number of nitrogens with one attached hydrogen (secondary N) is 2. The molecule has 1 aromatic heterocycles. The molecular weight excluding hydrogens is 421 g/mol. The Hall–Kier alpha value is -3.97. The third kappa shape index (κ3) is 5.10. The Bertz CT molecular complexity index is 1310. The van der Waals surface area contributed by atoms with Crippen molar-refractivity contribution in [3.63, 3.8) is 0 Å². The fourth-order valence-corrected chi connectivity index (χ4v) is 3.70. The van der Waals surface area contributed by atoms with Crippen LogP contribution in [0, 0.1) is 5.82 Å². The van der Waals surface area contributed by atoms with E-state index in [-0.39, 0.29) is 12.3 Å². The van der Waals surface area contributed by atoms with Gasteiger partial charge < -0.3 is 20.5 Å². The van der Waals surface area contributed by atoms with Gasteiger partial charge in [-0.05, 0) is 48.0 Å². The predicted molar refractivity (Wildman–Crippen MR) is 127 cm³/mol. The second-order valence-electron chi connectivity index (χ2n) is 7.71. The van der Waals surface area contributed by atoms with Crippen molar-refractivity contribution < 1.29 is 19.4 Å². The van der Waals surface area contributed by atoms with Gasteiger partial charge in [-0.2, -0.15) is 0 Å². The van der Waals surface area contributed by atoms with Crippen molar-refractivity contribution in [3.05, 3.63) is 94.8 Å². The highest BCUT2D eigenvalue weighted by Gasteiger charge is 2.19. The number of carbonyl (C=O) groups is 1. The Labute approximate surface area is 190 Å². The topological polar surface area (TPSA) is 97.7 Å². The summed E-state index contributed by atoms with van der Waals surface area (Å²) in [6.07, 6.45) is -0.0857. The Balaban J connectivity index is 1.82. The normalized spacial score (nSPS) is 11.8. The van der Waals surface area contributed by atoms with Crippen LogP contribution in [0.3, 0.4) is 0 Å². The molecule has 0 fully saturated rings. The van der Waals surface area contributed by atoms with Gasteiger partial charge in [-0.1, -0.05) is 43.3 Å². The highest BCUT2D eigenvalue weighted by Crippen LogP contribution is 2.32. The molecule has 33 heavy (non-hydrogen) atoms. The maximum Gasteiger partial charge on any atom is 0.307 e. The van der Waals surface area contributed by atoms with Gasteiger partial charge in [-0.15, -0.1) is 0 Å². The molecule has 0 unspecified atom stereocenters. The van der Waals surface area contributed by atoms with Crippen LogP contribution < -0.4 is 5.32 Å². The summed E-state index contributed by atoms with van der Waals surface area (Å²) in [6.45, 7) is 3.68. The van der Waals surface area contributed by atoms with Gasteiger partial charge in [-0.25, -0.2) is 9.38 Å². The Morgan fingerprint density at radius 1 is 1.03 bits per heavy atom. The van der Waals surface area contributed by atoms with Gasteiger partial charge in [0.05, 0.1) is 28.9 Å². The summed E-state index contributed by atoms with van der Waals surface area (Å²) >= 11 is 0. The first-order chi connectivity index (χ1) is 15.9. The van der Waals surface area contributed by atoms with Crippen molar-refractivity contribution in [1.29, 1.82) is 0 Å². The lowest BCUT2D eigenvalue weighted by Gasteiger charge is -2.09. The minimum atomic E-state index is -0.911. The van der Waals surface area contributed by atoms with Crippen molar-refractivity contribution >= 4 is 28.3 Å². The number of rotatable bonds is 8. The van der Waals surface area contributed by atoms with Gasteiger partial charge in [0.25, 0.3) is 0 Å². The second kappa shape index (κ2) is 9.67. The first-order valence-electron chi connectivity index (χ1n) is 10.6. The Morgan fingerprint density at radius 3 is 2.39 bits per heavy atom. The van der Waals surface area contributed by atoms with Gasteiger partial charge in [0.1, 0.15) is 5.82 Å². The van der Waals surface area contributed by atoms with Crippen LogP contribution >= 0.6 is 0 Å². The molecule has 0 saturated heterocycles. The minimum absolute atomic E-state index is 0.0857. The zero-order chi connectivity index (χ0) is 23.4. The fraction of sp³-hybridized carbons (Fsp3) is 0.154. The molecule has 3 aromatic carbocycles. The third-order valence-corrected chi connectivity index (χ3v) is 5.32. The Kier molecular flexibility index (Phi) is 6.51. The number of carboxylic acid groups (broad SMARTS) is 1. The standard InChI is InChI=1S/C26H24FN3O3/c1-2-28-15-17-5-10-20(11-6-17)29-25(18-7-3-16(4-8-18)13-23(31)32)24-21-12-9-19(27)14-22(21)30-26(24)33/h3-12,14,28,30,33H,2,13,15H2,1H3,(H,31,32). The largest absolute Gasteiger partial charge is 0.494 e. The van der Waals surface area contributed by atoms with Crippen molar-refractivity contribution in [2.45, 2.75) is 19.9 Å². The van der Waals surface area contributed by atoms with E-state index in [0.29, 0.717) is 39.0 Å². The van der Waals surface area contributed by atoms with E-state index in [4.69, 9.17) is 10.1 Å². The number of aromatic nitrogens is 1. The summed E-state index contributed by atoms with van der Waals surface area (Å²) in [7, 11) is 0. The number of aliphatic imine (C=N–C) groups is 1. The molecule has 0 spiro atoms. The summed E-state index contributed by atoms with van der Waals surface area (Å²) in [4.78, 5) is 18.7. The molecule has 0 bridgehead atoms. The van der Waals surface area contributed by atoms with E-state index in [9.17, 15) is 14.3 Å². The number of aromatic amines is 1. The fourth-order valence-electron chi connectivity index (χ4n) is 3.70. The monoisotopic (exact) mass is 445 g/mol. The lowest BCUT2D eigenvalue weighted by Crippen LogP contribution is -2.11. The molecule has 0 amide bonds. The van der Waals surface area contributed by atoms with E-state index in [0.717, 1.165) is 18.7 Å². The number of benzene rings is 3. The van der Waals surface area contributed by atoms with Crippen LogP contribution in [0.4, 0.5) is 10.1 Å². The number of aliphatic carboxylic acids is 1. The van der Waals surface area contributed by atoms with E-state index in [1.54, 1.807) is 30.3 Å². The van der Waals surface area contributed by atoms with Gasteiger partial charge in [-0.3, -0.25) is 4.79 Å². The first-order valence-corrected chi connectivity index (χ1v) is 10.6. The van der Waals surface area contributed by atoms with Crippen LogP contribution in [-0.2, 0) is 17.8 Å². The van der Waals surface area contributed by atoms with Crippen LogP contribution in [0.5, 0.6) is 5.88 Å². The number of aromatic hydroxyl groups is 1. The molecule has 168 valence electrons. The number of nitrogens with zero attached hydrogens (tertiary/aromatic N) is 1. The van der Waals surface area contributed by atoms with Gasteiger partial charge in [0, 0.05) is 17.5 Å². The molecule has 0 radical (unpaired) electrons. The van der Waals surface area contributed by atoms with E-state index in [2.05, 4.69) is 10.3 Å². The summed E-state index contributed by atoms with van der Waals surface area (Å²) in [5, 5.41) is 23.7. The zero-order valence-corrected chi connectivity index (χ0v) is 18.1. The van der Waals surface area contributed by atoms with Crippen molar-refractivity contribution in [1.82, 2.24) is 10.3 Å². The van der Waals surface area contributed by atoms with Crippen molar-refractivity contribution in [2.75, 3.05) is 6.54 Å². The molecule has 0 aliphatic rings. The van der Waals surface area contributed by atoms with E-state index in [1.807, 2.05) is 31.2 Å². The number of H-pyrrole nitrogens is 1. The van der Waals surface area contributed by atoms with Crippen LogP contribution in [0.1, 0.15) is 29.2 Å². The lowest BCUT2D eigenvalue weighted by molar-refractivity contribution is -0.136. The molecule has 4 aromatic rings. The molecule has 0 aliphatic heterocycles. The molecule has 4 rings (SSSR count). The van der Waals surface area contributed by atoms with Crippen molar-refractivity contribution in [2.24, 2.45) is 4.99 Å². The molecule has 4 N–H and O–H groups in total. The highest BCUT2D eigenvalue weighted by atomic mass is 19.1. The number of carboxylic acids is 1. The highest BCUT2D eigenvalue weighted by molar-refractivity contribution is 6.21. The third-order valence-electron chi connectivity index (χ3n) is 5.32. The van der Waals surface area contributed by atoms with Crippen LogP contribution in [-0.4, -0.2) is 33.4 Å². The number of halogens is 1. The summed E-state index contributed by atoms with van der Waals surface area (Å²) < 4.78 is 13.7. The van der Waals surface area contributed by atoms with Gasteiger partial charge in [0.15, 0.2) is 5.88 Å². The Morgan fingerprint density at radius 2 is 1.73 bits per heavy atom. The maximum absolute atomic E-state index is 13.7. The lowest BCUT2D eigenvalue weighted by atomic mass is 9.99. The average molecular weight is 445 g/mol. The van der Waals surface area contributed by atoms with E-state index >= 15 is 0 Å². The summed E-state index contributed by atoms with van der Waals surface area (Å²) in [6, 6.07) is 19.0. The van der Waals surface area contributed by atoms with Crippen LogP contribution in [0.15, 0.2) is 71.7 Å². The molecule has 0 aliphatic carbocycles. The van der Waals surface area contributed by atoms with Gasteiger partial charge >= 0.3 is 5.97 Å². The number of hydrogen-bond acceptors (Lipinski definition) is 4. The molecular formula is C26H24FN3O3. The quantitative estimate of drug-likeness (QED) is 0.290. The number of fused-ring (bicyclic) bond motifs is 1. The minimum Gasteiger partial charge on any atom is -0.494 e. The van der Waals surface area contributed by atoms with Gasteiger partial charge in [0.2, 0.25) is 0 Å². The zero-order valence-electron chi connectivity index (χ0n) is 18.1. The van der Waals surface area contributed by atoms with Crippen LogP contribution in [0.2, 0.25) is 0 Å². The average Bonchev–Trinajstić information content (AvgIpc) is 3.11. The predicted octanol–water partition coefficient (Wildman–Crippen LogP) is 4.92.